The minimum Gasteiger partial charge on any atom is -0.287 e. The van der Waals surface area contributed by atoms with Crippen LogP contribution in [-0.4, -0.2) is 18.8 Å². The molecule has 0 atom stereocenters. The molecule has 7 heteroatoms. The van der Waals surface area contributed by atoms with Gasteiger partial charge in [0.1, 0.15) is 0 Å². The van der Waals surface area contributed by atoms with E-state index < -0.39 is 10.1 Å². The zero-order chi connectivity index (χ0) is 31.8. The summed E-state index contributed by atoms with van der Waals surface area (Å²) in [5, 5.41) is 9.45. The summed E-state index contributed by atoms with van der Waals surface area (Å²) in [5.41, 5.74) is 1.82. The molecule has 0 fully saturated rings. The average Bonchev–Trinajstić information content (AvgIpc) is 3.08. The lowest BCUT2D eigenvalue weighted by Crippen LogP contribution is -2.38. The summed E-state index contributed by atoms with van der Waals surface area (Å²) in [7, 11) is -4.18. The normalized spacial score (nSPS) is 11.6. The number of Topliss-reactive ketones (excluding diaryl/α,β-unsaturated/α-hetero) is 1. The van der Waals surface area contributed by atoms with E-state index in [1.54, 1.807) is 6.07 Å². The van der Waals surface area contributed by atoms with E-state index in [9.17, 15) is 13.2 Å². The van der Waals surface area contributed by atoms with Gasteiger partial charge in [-0.25, -0.2) is 0 Å². The van der Waals surface area contributed by atoms with Crippen molar-refractivity contribution in [2.75, 3.05) is 0 Å². The van der Waals surface area contributed by atoms with Gasteiger partial charge < -0.3 is 0 Å². The van der Waals surface area contributed by atoms with Crippen molar-refractivity contribution in [3.05, 3.63) is 156 Å². The number of rotatable bonds is 4. The second kappa shape index (κ2) is 12.1. The molecule has 0 radical (unpaired) electrons. The fourth-order valence-corrected chi connectivity index (χ4v) is 7.07. The Hall–Kier alpha value is -4.95. The first-order valence-electron chi connectivity index (χ1n) is 14.7. The fourth-order valence-electron chi connectivity index (χ4n) is 5.98. The molecular formula is C39H27BrNO4S+. The van der Waals surface area contributed by atoms with Crippen molar-refractivity contribution >= 4 is 85.8 Å². The van der Waals surface area contributed by atoms with Crippen LogP contribution in [0.25, 0.3) is 54.0 Å². The van der Waals surface area contributed by atoms with Gasteiger partial charge in [-0.2, -0.15) is 13.0 Å². The van der Waals surface area contributed by atoms with Gasteiger partial charge in [-0.15, -0.1) is 0 Å². The molecule has 0 aliphatic heterocycles. The lowest BCUT2D eigenvalue weighted by atomic mass is 9.98. The molecule has 0 aliphatic rings. The molecule has 0 unspecified atom stereocenters. The van der Waals surface area contributed by atoms with Crippen LogP contribution in [0.2, 0.25) is 0 Å². The highest BCUT2D eigenvalue weighted by Crippen LogP contribution is 2.33. The Labute approximate surface area is 274 Å². The van der Waals surface area contributed by atoms with Gasteiger partial charge >= 0.3 is 0 Å². The molecular weight excluding hydrogens is 658 g/mol. The Kier molecular flexibility index (Phi) is 7.82. The minimum atomic E-state index is -4.18. The zero-order valence-electron chi connectivity index (χ0n) is 24.5. The Morgan fingerprint density at radius 2 is 1.17 bits per heavy atom. The third-order valence-corrected chi connectivity index (χ3v) is 9.76. The number of hydrogen-bond acceptors (Lipinski definition) is 3. The van der Waals surface area contributed by atoms with Gasteiger partial charge in [-0.1, -0.05) is 107 Å². The predicted octanol–water partition coefficient (Wildman–Crippen LogP) is 9.32. The van der Waals surface area contributed by atoms with Crippen molar-refractivity contribution in [3.8, 4) is 0 Å². The van der Waals surface area contributed by atoms with Crippen LogP contribution in [0.1, 0.15) is 10.4 Å². The highest BCUT2D eigenvalue weighted by Gasteiger charge is 2.16. The van der Waals surface area contributed by atoms with E-state index in [1.165, 1.54) is 22.9 Å². The monoisotopic (exact) mass is 684 g/mol. The number of pyridine rings is 1. The highest BCUT2D eigenvalue weighted by molar-refractivity contribution is 9.10. The molecule has 224 valence electrons. The topological polar surface area (TPSA) is 75.3 Å². The van der Waals surface area contributed by atoms with Gasteiger partial charge in [-0.05, 0) is 79.5 Å². The maximum atomic E-state index is 13.0. The largest absolute Gasteiger partial charge is 0.294 e. The molecule has 1 N–H and O–H groups in total. The van der Waals surface area contributed by atoms with Gasteiger partial charge in [0.25, 0.3) is 10.1 Å². The molecule has 0 amide bonds. The standard InChI is InChI=1S/C25H18NO.C14H9BrO3S/c27-25(17-26-15-5-8-20-7-2-4-10-24(20)26)21-14-13-19-12-11-18-6-1-3-9-22(18)23(19)16-21;15-14-7-9-5-6-10(19(16,17)18)8-13(9)11-3-1-2-4-12(11)14/h1-16H,17H2;1-8H,(H,16,17,18)/q+1;. The Morgan fingerprint density at radius 3 is 1.96 bits per heavy atom. The van der Waals surface area contributed by atoms with Gasteiger partial charge in [-0.3, -0.25) is 9.35 Å². The summed E-state index contributed by atoms with van der Waals surface area (Å²) >= 11 is 3.51. The summed E-state index contributed by atoms with van der Waals surface area (Å²) < 4.78 is 34.6. The van der Waals surface area contributed by atoms with Crippen LogP contribution in [0.5, 0.6) is 0 Å². The van der Waals surface area contributed by atoms with Crippen LogP contribution < -0.4 is 4.57 Å². The van der Waals surface area contributed by atoms with Gasteiger partial charge in [0.2, 0.25) is 17.8 Å². The number of aromatic nitrogens is 1. The molecule has 7 aromatic carbocycles. The van der Waals surface area contributed by atoms with Crippen molar-refractivity contribution in [1.29, 1.82) is 0 Å². The van der Waals surface area contributed by atoms with Gasteiger partial charge in [0.05, 0.1) is 4.90 Å². The molecule has 0 saturated carbocycles. The quantitative estimate of drug-likeness (QED) is 0.0868. The molecule has 5 nitrogen and oxygen atoms in total. The maximum absolute atomic E-state index is 13.0. The lowest BCUT2D eigenvalue weighted by molar-refractivity contribution is -0.657. The first kappa shape index (κ1) is 29.7. The van der Waals surface area contributed by atoms with E-state index in [-0.39, 0.29) is 10.7 Å². The third-order valence-electron chi connectivity index (χ3n) is 8.25. The van der Waals surface area contributed by atoms with Crippen molar-refractivity contribution in [3.63, 3.8) is 0 Å². The van der Waals surface area contributed by atoms with E-state index in [0.29, 0.717) is 6.54 Å². The maximum Gasteiger partial charge on any atom is 0.294 e. The molecule has 1 aromatic heterocycles. The van der Waals surface area contributed by atoms with Crippen molar-refractivity contribution in [2.45, 2.75) is 11.4 Å². The predicted molar refractivity (Wildman–Crippen MR) is 189 cm³/mol. The number of carbonyl (C=O) groups is 1. The van der Waals surface area contributed by atoms with Crippen molar-refractivity contribution < 1.29 is 22.3 Å². The van der Waals surface area contributed by atoms with Crippen molar-refractivity contribution in [1.82, 2.24) is 0 Å². The number of hydrogen-bond donors (Lipinski definition) is 1. The van der Waals surface area contributed by atoms with Crippen LogP contribution in [0.15, 0.2) is 155 Å². The van der Waals surface area contributed by atoms with Crippen LogP contribution in [-0.2, 0) is 16.7 Å². The molecule has 0 bridgehead atoms. The summed E-state index contributed by atoms with van der Waals surface area (Å²) in [5.74, 6) is 0.117. The number of nitrogens with zero attached hydrogens (tertiary/aromatic N) is 1. The number of carbonyl (C=O) groups excluding carboxylic acids is 1. The minimum absolute atomic E-state index is 0.0903. The number of benzene rings is 7. The SMILES string of the molecule is O=C(C[n+]1cccc2ccccc21)c1ccc2ccc3ccccc3c2c1.O=S(=O)(O)c1ccc2cc(Br)c3ccccc3c2c1. The number of fused-ring (bicyclic) bond motifs is 7. The second-order valence-electron chi connectivity index (χ2n) is 11.1. The summed E-state index contributed by atoms with van der Waals surface area (Å²) in [6.45, 7) is 0.331. The molecule has 46 heavy (non-hydrogen) atoms. The fraction of sp³-hybridized carbons (Fsp3) is 0.0256. The Balaban J connectivity index is 0.000000157. The highest BCUT2D eigenvalue weighted by atomic mass is 79.9. The molecule has 0 aliphatic carbocycles. The van der Waals surface area contributed by atoms with Crippen LogP contribution >= 0.6 is 15.9 Å². The van der Waals surface area contributed by atoms with E-state index in [2.05, 4.69) is 58.4 Å². The smallest absolute Gasteiger partial charge is 0.287 e. The molecule has 0 spiro atoms. The molecule has 8 rings (SSSR count). The number of halogens is 1. The Morgan fingerprint density at radius 1 is 0.587 bits per heavy atom. The molecule has 8 aromatic rings. The van der Waals surface area contributed by atoms with Crippen LogP contribution in [0.4, 0.5) is 0 Å². The van der Waals surface area contributed by atoms with E-state index in [4.69, 9.17) is 4.55 Å². The van der Waals surface area contributed by atoms with Crippen molar-refractivity contribution in [2.24, 2.45) is 0 Å². The first-order chi connectivity index (χ1) is 22.3. The molecule has 1 heterocycles. The Bertz CT molecular complexity index is 2580. The summed E-state index contributed by atoms with van der Waals surface area (Å²) in [6.07, 6.45) is 1.97. The average molecular weight is 686 g/mol. The van der Waals surface area contributed by atoms with Gasteiger partial charge in [0, 0.05) is 27.6 Å². The third kappa shape index (κ3) is 5.76. The summed E-state index contributed by atoms with van der Waals surface area (Å²) in [4.78, 5) is 12.9. The van der Waals surface area contributed by atoms with Crippen LogP contribution in [0.3, 0.4) is 0 Å². The van der Waals surface area contributed by atoms with Crippen LogP contribution in [0, 0.1) is 0 Å². The van der Waals surface area contributed by atoms with E-state index in [1.807, 2.05) is 89.6 Å². The molecule has 0 saturated heterocycles. The zero-order valence-corrected chi connectivity index (χ0v) is 26.9. The van der Waals surface area contributed by atoms with E-state index in [0.717, 1.165) is 53.3 Å². The van der Waals surface area contributed by atoms with Gasteiger partial charge in [0.15, 0.2) is 6.20 Å². The second-order valence-corrected chi connectivity index (χ2v) is 13.4. The number of ketones is 1. The number of para-hydroxylation sites is 1. The summed E-state index contributed by atoms with van der Waals surface area (Å²) in [6, 6.07) is 45.0. The van der Waals surface area contributed by atoms with E-state index >= 15 is 0 Å². The lowest BCUT2D eigenvalue weighted by Gasteiger charge is -2.07. The first-order valence-corrected chi connectivity index (χ1v) is 16.9.